The summed E-state index contributed by atoms with van der Waals surface area (Å²) in [7, 11) is 2.97. The number of carbonyl (C=O) groups is 4. The number of nitrogens with zero attached hydrogens (tertiary/aromatic N) is 1. The summed E-state index contributed by atoms with van der Waals surface area (Å²) in [5.74, 6) is -1.03. The number of anilines is 3. The Kier molecular flexibility index (Phi) is 8.17. The highest BCUT2D eigenvalue weighted by atomic mass is 32.2. The van der Waals surface area contributed by atoms with E-state index >= 15 is 0 Å². The van der Waals surface area contributed by atoms with Gasteiger partial charge in [-0.15, -0.1) is 11.8 Å². The number of thioether (sulfide) groups is 1. The Labute approximate surface area is 223 Å². The Morgan fingerprint density at radius 3 is 2.47 bits per heavy atom. The molecule has 3 N–H and O–H groups in total. The second-order valence-corrected chi connectivity index (χ2v) is 9.46. The van der Waals surface area contributed by atoms with Crippen LogP contribution in [0.4, 0.5) is 17.1 Å². The second kappa shape index (κ2) is 11.7. The van der Waals surface area contributed by atoms with Crippen molar-refractivity contribution < 1.29 is 33.4 Å². The third kappa shape index (κ3) is 6.06. The van der Waals surface area contributed by atoms with Gasteiger partial charge in [-0.05, 0) is 54.6 Å². The van der Waals surface area contributed by atoms with Gasteiger partial charge in [0.05, 0.1) is 36.4 Å². The SMILES string of the molecule is COc1ccc(NC(=O)COC(=O)c2ccc(N3C(=O)CC(Sc4cccc(N)c4)C3=O)cc2)c(OC)c1. The molecule has 0 bridgehead atoms. The van der Waals surface area contributed by atoms with Crippen LogP contribution in [-0.2, 0) is 19.1 Å². The van der Waals surface area contributed by atoms with E-state index in [2.05, 4.69) is 5.32 Å². The van der Waals surface area contributed by atoms with Gasteiger partial charge in [0, 0.05) is 23.1 Å². The van der Waals surface area contributed by atoms with Crippen molar-refractivity contribution >= 4 is 52.5 Å². The Balaban J connectivity index is 1.34. The average molecular weight is 536 g/mol. The Hall–Kier alpha value is -4.51. The smallest absolute Gasteiger partial charge is 0.338 e. The van der Waals surface area contributed by atoms with Crippen LogP contribution in [-0.4, -0.2) is 49.8 Å². The van der Waals surface area contributed by atoms with Gasteiger partial charge in [-0.2, -0.15) is 0 Å². The molecule has 4 rings (SSSR count). The van der Waals surface area contributed by atoms with Crippen molar-refractivity contribution in [2.75, 3.05) is 36.8 Å². The van der Waals surface area contributed by atoms with Gasteiger partial charge in [-0.25, -0.2) is 9.69 Å². The summed E-state index contributed by atoms with van der Waals surface area (Å²) in [6.07, 6.45) is 0.0518. The lowest BCUT2D eigenvalue weighted by Gasteiger charge is -2.15. The molecule has 1 aliphatic heterocycles. The van der Waals surface area contributed by atoms with Crippen LogP contribution >= 0.6 is 11.8 Å². The number of esters is 1. The zero-order valence-electron chi connectivity index (χ0n) is 20.6. The van der Waals surface area contributed by atoms with E-state index in [1.165, 1.54) is 50.2 Å². The van der Waals surface area contributed by atoms with E-state index in [0.29, 0.717) is 28.6 Å². The van der Waals surface area contributed by atoms with Gasteiger partial charge in [0.2, 0.25) is 11.8 Å². The molecule has 1 saturated heterocycles. The number of nitrogens with two attached hydrogens (primary N) is 1. The number of hydrogen-bond acceptors (Lipinski definition) is 9. The topological polar surface area (TPSA) is 137 Å². The van der Waals surface area contributed by atoms with E-state index in [0.717, 1.165) is 9.80 Å². The van der Waals surface area contributed by atoms with Gasteiger partial charge in [-0.3, -0.25) is 14.4 Å². The molecule has 1 atom stereocenters. The molecular weight excluding hydrogens is 510 g/mol. The van der Waals surface area contributed by atoms with Crippen molar-refractivity contribution in [2.45, 2.75) is 16.6 Å². The van der Waals surface area contributed by atoms with E-state index in [1.807, 2.05) is 6.07 Å². The number of imide groups is 1. The lowest BCUT2D eigenvalue weighted by Crippen LogP contribution is -2.31. The zero-order chi connectivity index (χ0) is 27.2. The quantitative estimate of drug-likeness (QED) is 0.240. The molecule has 1 fully saturated rings. The Bertz CT molecular complexity index is 1380. The first kappa shape index (κ1) is 26.6. The minimum atomic E-state index is -0.734. The second-order valence-electron chi connectivity index (χ2n) is 8.19. The molecule has 0 spiro atoms. The fourth-order valence-electron chi connectivity index (χ4n) is 3.77. The molecule has 3 aromatic rings. The number of hydrogen-bond donors (Lipinski definition) is 2. The summed E-state index contributed by atoms with van der Waals surface area (Å²) < 4.78 is 15.5. The number of rotatable bonds is 9. The maximum absolute atomic E-state index is 12.9. The zero-order valence-corrected chi connectivity index (χ0v) is 21.4. The van der Waals surface area contributed by atoms with Crippen LogP contribution in [0.3, 0.4) is 0 Å². The van der Waals surface area contributed by atoms with E-state index < -0.39 is 23.7 Å². The summed E-state index contributed by atoms with van der Waals surface area (Å²) in [5.41, 5.74) is 7.27. The van der Waals surface area contributed by atoms with E-state index in [-0.39, 0.29) is 23.8 Å². The van der Waals surface area contributed by atoms with Gasteiger partial charge in [0.15, 0.2) is 6.61 Å². The molecule has 0 aliphatic carbocycles. The largest absolute Gasteiger partial charge is 0.497 e. The average Bonchev–Trinajstić information content (AvgIpc) is 3.19. The van der Waals surface area contributed by atoms with E-state index in [1.54, 1.807) is 36.4 Å². The van der Waals surface area contributed by atoms with Crippen LogP contribution in [0.1, 0.15) is 16.8 Å². The number of amides is 3. The first-order chi connectivity index (χ1) is 18.3. The summed E-state index contributed by atoms with van der Waals surface area (Å²) in [4.78, 5) is 52.2. The number of ether oxygens (including phenoxy) is 3. The van der Waals surface area contributed by atoms with Crippen molar-refractivity contribution in [3.05, 3.63) is 72.3 Å². The van der Waals surface area contributed by atoms with Crippen molar-refractivity contribution in [1.29, 1.82) is 0 Å². The number of carbonyl (C=O) groups excluding carboxylic acids is 4. The van der Waals surface area contributed by atoms with Crippen molar-refractivity contribution in [1.82, 2.24) is 0 Å². The van der Waals surface area contributed by atoms with Gasteiger partial charge in [0.1, 0.15) is 11.5 Å². The lowest BCUT2D eigenvalue weighted by molar-refractivity contribution is -0.121. The summed E-state index contributed by atoms with van der Waals surface area (Å²) in [6.45, 7) is -0.526. The third-order valence-corrected chi connectivity index (χ3v) is 6.80. The van der Waals surface area contributed by atoms with E-state index in [9.17, 15) is 19.2 Å². The predicted molar refractivity (Wildman–Crippen MR) is 143 cm³/mol. The van der Waals surface area contributed by atoms with Gasteiger partial charge in [0.25, 0.3) is 5.91 Å². The molecule has 3 aromatic carbocycles. The van der Waals surface area contributed by atoms with Crippen LogP contribution < -0.4 is 25.4 Å². The molecule has 0 saturated carbocycles. The molecule has 1 heterocycles. The lowest BCUT2D eigenvalue weighted by atomic mass is 10.2. The Morgan fingerprint density at radius 2 is 1.79 bits per heavy atom. The fourth-order valence-corrected chi connectivity index (χ4v) is 4.89. The van der Waals surface area contributed by atoms with Gasteiger partial charge < -0.3 is 25.3 Å². The molecule has 10 nitrogen and oxygen atoms in total. The maximum Gasteiger partial charge on any atom is 0.338 e. The molecule has 1 unspecified atom stereocenters. The maximum atomic E-state index is 12.9. The monoisotopic (exact) mass is 535 g/mol. The molecule has 0 radical (unpaired) electrons. The van der Waals surface area contributed by atoms with Crippen molar-refractivity contribution in [3.63, 3.8) is 0 Å². The minimum Gasteiger partial charge on any atom is -0.497 e. The standard InChI is InChI=1S/C27H25N3O7S/c1-35-19-10-11-21(22(13-19)36-2)29-24(31)15-37-27(34)16-6-8-18(9-7-16)30-25(32)14-23(26(30)33)38-20-5-3-4-17(28)12-20/h3-13,23H,14-15,28H2,1-2H3,(H,29,31). The minimum absolute atomic E-state index is 0.0518. The molecule has 11 heteroatoms. The highest BCUT2D eigenvalue weighted by Crippen LogP contribution is 2.34. The first-order valence-corrected chi connectivity index (χ1v) is 12.3. The highest BCUT2D eigenvalue weighted by molar-refractivity contribution is 8.00. The van der Waals surface area contributed by atoms with Crippen LogP contribution in [0, 0.1) is 0 Å². The van der Waals surface area contributed by atoms with Crippen molar-refractivity contribution in [2.24, 2.45) is 0 Å². The molecule has 0 aromatic heterocycles. The third-order valence-electron chi connectivity index (χ3n) is 5.62. The Morgan fingerprint density at radius 1 is 1.03 bits per heavy atom. The van der Waals surface area contributed by atoms with Crippen LogP contribution in [0.25, 0.3) is 0 Å². The predicted octanol–water partition coefficient (Wildman–Crippen LogP) is 3.51. The number of nitrogen functional groups attached to an aromatic ring is 1. The first-order valence-electron chi connectivity index (χ1n) is 11.5. The summed E-state index contributed by atoms with van der Waals surface area (Å²) >= 11 is 1.28. The van der Waals surface area contributed by atoms with Crippen LogP contribution in [0.5, 0.6) is 11.5 Å². The summed E-state index contributed by atoms with van der Waals surface area (Å²) in [6, 6.07) is 17.8. The van der Waals surface area contributed by atoms with Crippen LogP contribution in [0.2, 0.25) is 0 Å². The van der Waals surface area contributed by atoms with Gasteiger partial charge >= 0.3 is 5.97 Å². The molecule has 3 amide bonds. The van der Waals surface area contributed by atoms with Gasteiger partial charge in [-0.1, -0.05) is 6.07 Å². The number of methoxy groups -OCH3 is 2. The van der Waals surface area contributed by atoms with E-state index in [4.69, 9.17) is 19.9 Å². The molecule has 196 valence electrons. The summed E-state index contributed by atoms with van der Waals surface area (Å²) in [5, 5.41) is 2.04. The van der Waals surface area contributed by atoms with Crippen molar-refractivity contribution in [3.8, 4) is 11.5 Å². The molecule has 1 aliphatic rings. The normalized spacial score (nSPS) is 14.8. The molecular formula is C27H25N3O7S. The fraction of sp³-hybridized carbons (Fsp3) is 0.185. The highest BCUT2D eigenvalue weighted by Gasteiger charge is 2.40. The molecule has 38 heavy (non-hydrogen) atoms. The number of benzene rings is 3. The number of nitrogens with one attached hydrogen (secondary N) is 1. The van der Waals surface area contributed by atoms with Crippen LogP contribution in [0.15, 0.2) is 71.6 Å².